The van der Waals surface area contributed by atoms with E-state index in [0.717, 1.165) is 17.0 Å². The van der Waals surface area contributed by atoms with E-state index in [1.807, 2.05) is 0 Å². The monoisotopic (exact) mass is 474 g/mol. The van der Waals surface area contributed by atoms with E-state index in [9.17, 15) is 0 Å². The molecule has 0 unspecified atom stereocenters. The average Bonchev–Trinajstić information content (AvgIpc) is 3.36. The molecule has 0 heterocycles. The minimum atomic E-state index is -0.428. The maximum absolute atomic E-state index is 2.64. The molecule has 0 nitrogen and oxygen atoms in total. The van der Waals surface area contributed by atoms with Crippen LogP contribution < -0.4 is 10.6 Å². The largest absolute Gasteiger partial charge is 0.0932 e. The Morgan fingerprint density at radius 1 is 0.667 bits per heavy atom. The molecule has 3 aliphatic rings. The van der Waals surface area contributed by atoms with Crippen LogP contribution in [0.25, 0.3) is 0 Å². The van der Waals surface area contributed by atoms with Crippen LogP contribution >= 0.6 is 15.8 Å². The lowest BCUT2D eigenvalue weighted by Crippen LogP contribution is -2.30. The molecule has 5 rings (SSSR count). The van der Waals surface area contributed by atoms with Crippen LogP contribution in [0.1, 0.15) is 71.1 Å². The first-order valence-electron chi connectivity index (χ1n) is 13.4. The summed E-state index contributed by atoms with van der Waals surface area (Å²) in [7, 11) is -0.384. The summed E-state index contributed by atoms with van der Waals surface area (Å²) in [5.74, 6) is 0. The van der Waals surface area contributed by atoms with Crippen molar-refractivity contribution in [3.8, 4) is 0 Å². The van der Waals surface area contributed by atoms with Gasteiger partial charge in [0, 0.05) is 5.66 Å². The molecule has 0 aliphatic heterocycles. The predicted molar refractivity (Wildman–Crippen MR) is 150 cm³/mol. The number of rotatable bonds is 7. The number of hydrogen-bond acceptors (Lipinski definition) is 0. The molecule has 0 bridgehead atoms. The Labute approximate surface area is 204 Å². The number of allylic oxidation sites excluding steroid dienone is 4. The SMILES string of the molecule is C[C@H](C1=CC=C[C@@H]1P(c1ccccc1)c1ccccc1)P(C1CCCCC1)C1CCCCC1. The lowest BCUT2D eigenvalue weighted by atomic mass is 9.99. The molecule has 0 radical (unpaired) electrons. The van der Waals surface area contributed by atoms with Gasteiger partial charge in [0.25, 0.3) is 0 Å². The fourth-order valence-electron chi connectivity index (χ4n) is 6.61. The van der Waals surface area contributed by atoms with Crippen molar-refractivity contribution in [1.82, 2.24) is 0 Å². The summed E-state index contributed by atoms with van der Waals surface area (Å²) in [5.41, 5.74) is 5.08. The van der Waals surface area contributed by atoms with Gasteiger partial charge in [-0.2, -0.15) is 0 Å². The van der Waals surface area contributed by atoms with Gasteiger partial charge in [-0.15, -0.1) is 0 Å². The molecule has 0 amide bonds. The Morgan fingerprint density at radius 3 is 1.64 bits per heavy atom. The highest BCUT2D eigenvalue weighted by Gasteiger charge is 2.39. The van der Waals surface area contributed by atoms with Crippen molar-refractivity contribution in [2.75, 3.05) is 0 Å². The molecule has 0 spiro atoms. The van der Waals surface area contributed by atoms with Crippen molar-refractivity contribution in [2.24, 2.45) is 0 Å². The normalized spacial score (nSPS) is 23.2. The van der Waals surface area contributed by atoms with Crippen LogP contribution in [0.4, 0.5) is 0 Å². The number of hydrogen-bond donors (Lipinski definition) is 0. The van der Waals surface area contributed by atoms with E-state index < -0.39 is 7.92 Å². The molecule has 3 aliphatic carbocycles. The van der Waals surface area contributed by atoms with E-state index in [0.29, 0.717) is 5.66 Å². The van der Waals surface area contributed by atoms with Crippen LogP contribution in [0.3, 0.4) is 0 Å². The summed E-state index contributed by atoms with van der Waals surface area (Å²) in [5, 5.41) is 3.04. The first-order chi connectivity index (χ1) is 16.3. The topological polar surface area (TPSA) is 0 Å². The lowest BCUT2D eigenvalue weighted by molar-refractivity contribution is 0.482. The van der Waals surface area contributed by atoms with Gasteiger partial charge in [-0.1, -0.05) is 138 Å². The Balaban J connectivity index is 1.47. The highest BCUT2D eigenvalue weighted by Crippen LogP contribution is 2.62. The minimum absolute atomic E-state index is 0.0437. The van der Waals surface area contributed by atoms with Crippen LogP contribution in [0.2, 0.25) is 0 Å². The van der Waals surface area contributed by atoms with Crippen LogP contribution in [0, 0.1) is 0 Å². The fraction of sp³-hybridized carbons (Fsp3) is 0.484. The van der Waals surface area contributed by atoms with Crippen molar-refractivity contribution in [3.05, 3.63) is 84.5 Å². The molecule has 174 valence electrons. The van der Waals surface area contributed by atoms with Gasteiger partial charge in [0.15, 0.2) is 0 Å². The predicted octanol–water partition coefficient (Wildman–Crippen LogP) is 8.52. The van der Waals surface area contributed by atoms with Crippen molar-refractivity contribution < 1.29 is 0 Å². The van der Waals surface area contributed by atoms with Gasteiger partial charge < -0.3 is 0 Å². The molecule has 2 fully saturated rings. The van der Waals surface area contributed by atoms with E-state index in [4.69, 9.17) is 0 Å². The standard InChI is InChI=1S/C31H40P2/c1-25(32(26-15-6-2-7-16-26)27-17-8-3-9-18-27)30-23-14-24-31(30)33(28-19-10-4-11-20-28)29-21-12-5-13-22-29/h4-5,10-14,19-27,31H,2-3,6-9,15-18H2,1H3/t25-,31+/m1/s1. The second-order valence-electron chi connectivity index (χ2n) is 10.2. The van der Waals surface area contributed by atoms with Gasteiger partial charge in [-0.05, 0) is 61.2 Å². The van der Waals surface area contributed by atoms with Crippen LogP contribution in [-0.2, 0) is 0 Å². The van der Waals surface area contributed by atoms with Gasteiger partial charge in [-0.3, -0.25) is 0 Å². The highest BCUT2D eigenvalue weighted by molar-refractivity contribution is 7.74. The summed E-state index contributed by atoms with van der Waals surface area (Å²) in [4.78, 5) is 0. The van der Waals surface area contributed by atoms with Gasteiger partial charge >= 0.3 is 0 Å². The molecule has 0 saturated heterocycles. The second-order valence-corrected chi connectivity index (χ2v) is 15.7. The summed E-state index contributed by atoms with van der Waals surface area (Å²) in [6, 6.07) is 22.7. The summed E-state index contributed by atoms with van der Waals surface area (Å²) < 4.78 is 0. The van der Waals surface area contributed by atoms with E-state index >= 15 is 0 Å². The smallest absolute Gasteiger partial charge is 0.0273 e. The van der Waals surface area contributed by atoms with Gasteiger partial charge in [0.2, 0.25) is 0 Å². The van der Waals surface area contributed by atoms with Gasteiger partial charge in [-0.25, -0.2) is 0 Å². The maximum atomic E-state index is 2.64. The molecule has 0 N–H and O–H groups in total. The van der Waals surface area contributed by atoms with Crippen LogP contribution in [-0.4, -0.2) is 22.6 Å². The molecule has 2 aromatic rings. The van der Waals surface area contributed by atoms with Crippen molar-refractivity contribution >= 4 is 26.5 Å². The van der Waals surface area contributed by atoms with E-state index in [1.165, 1.54) is 74.8 Å². The average molecular weight is 475 g/mol. The van der Waals surface area contributed by atoms with Crippen molar-refractivity contribution in [3.63, 3.8) is 0 Å². The van der Waals surface area contributed by atoms with Crippen molar-refractivity contribution in [1.29, 1.82) is 0 Å². The molecular weight excluding hydrogens is 434 g/mol. The first-order valence-corrected chi connectivity index (χ1v) is 16.3. The molecule has 0 aromatic heterocycles. The lowest BCUT2D eigenvalue weighted by Gasteiger charge is -2.44. The van der Waals surface area contributed by atoms with Gasteiger partial charge in [0.05, 0.1) is 0 Å². The molecule has 2 saturated carbocycles. The Kier molecular flexibility index (Phi) is 8.18. The van der Waals surface area contributed by atoms with Gasteiger partial charge in [0.1, 0.15) is 0 Å². The number of benzene rings is 2. The Hall–Kier alpha value is -1.22. The zero-order chi connectivity index (χ0) is 22.5. The third-order valence-electron chi connectivity index (χ3n) is 8.19. The summed E-state index contributed by atoms with van der Waals surface area (Å²) >= 11 is 0. The minimum Gasteiger partial charge on any atom is -0.0932 e. The molecule has 2 aromatic carbocycles. The Bertz CT molecular complexity index is 862. The first kappa shape index (κ1) is 23.5. The van der Waals surface area contributed by atoms with E-state index in [-0.39, 0.29) is 7.92 Å². The van der Waals surface area contributed by atoms with E-state index in [2.05, 4.69) is 85.8 Å². The molecular formula is C31H40P2. The fourth-order valence-corrected chi connectivity index (χ4v) is 13.9. The maximum Gasteiger partial charge on any atom is 0.0273 e. The van der Waals surface area contributed by atoms with Crippen molar-refractivity contribution in [2.45, 2.75) is 93.8 Å². The molecule has 2 atom stereocenters. The third-order valence-corrected chi connectivity index (χ3v) is 14.8. The highest BCUT2D eigenvalue weighted by atomic mass is 31.1. The molecule has 33 heavy (non-hydrogen) atoms. The zero-order valence-corrected chi connectivity index (χ0v) is 22.1. The second kappa shape index (κ2) is 11.5. The summed E-state index contributed by atoms with van der Waals surface area (Å²) in [6.07, 6.45) is 22.3. The molecule has 2 heteroatoms. The Morgan fingerprint density at radius 2 is 1.15 bits per heavy atom. The van der Waals surface area contributed by atoms with E-state index in [1.54, 1.807) is 5.57 Å². The quantitative estimate of drug-likeness (QED) is 0.353. The summed E-state index contributed by atoms with van der Waals surface area (Å²) in [6.45, 7) is 2.64. The van der Waals surface area contributed by atoms with Crippen LogP contribution in [0.15, 0.2) is 84.5 Å². The third kappa shape index (κ3) is 5.39. The van der Waals surface area contributed by atoms with Crippen LogP contribution in [0.5, 0.6) is 0 Å². The zero-order valence-electron chi connectivity index (χ0n) is 20.3.